The molecule has 1 atom stereocenters. The monoisotopic (exact) mass is 310 g/mol. The third-order valence-corrected chi connectivity index (χ3v) is 4.20. The van der Waals surface area contributed by atoms with Crippen LogP contribution in [0, 0.1) is 5.92 Å². The third kappa shape index (κ3) is 4.61. The molecule has 0 aromatic heterocycles. The number of hydrogen-bond donors (Lipinski definition) is 1. The Morgan fingerprint density at radius 2 is 2.33 bits per heavy atom. The predicted octanol–water partition coefficient (Wildman–Crippen LogP) is 2.81. The van der Waals surface area contributed by atoms with Gasteiger partial charge in [-0.2, -0.15) is 0 Å². The summed E-state index contributed by atoms with van der Waals surface area (Å²) < 4.78 is 5.21. The fourth-order valence-electron chi connectivity index (χ4n) is 2.85. The number of methoxy groups -OCH3 is 1. The quantitative estimate of drug-likeness (QED) is 0.909. The topological polar surface area (TPSA) is 41.6 Å². The van der Waals surface area contributed by atoms with Crippen LogP contribution in [0.4, 0.5) is 0 Å². The van der Waals surface area contributed by atoms with E-state index in [4.69, 9.17) is 16.3 Å². The molecule has 116 valence electrons. The number of hydrogen-bond acceptors (Lipinski definition) is 3. The average Bonchev–Trinajstić information content (AvgIpc) is 2.47. The number of likely N-dealkylation sites (tertiary alicyclic amines) is 1. The molecular formula is C16H23ClN2O2. The van der Waals surface area contributed by atoms with Gasteiger partial charge in [0.25, 0.3) is 5.91 Å². The van der Waals surface area contributed by atoms with Gasteiger partial charge in [0.05, 0.1) is 12.7 Å². The molecule has 0 bridgehead atoms. The first-order chi connectivity index (χ1) is 10.1. The molecule has 0 aliphatic carbocycles. The molecule has 1 aliphatic heterocycles. The summed E-state index contributed by atoms with van der Waals surface area (Å²) in [7, 11) is 3.70. The molecule has 1 N–H and O–H groups in total. The molecule has 0 radical (unpaired) electrons. The molecule has 0 saturated carbocycles. The molecule has 1 saturated heterocycles. The summed E-state index contributed by atoms with van der Waals surface area (Å²) in [6.45, 7) is 3.01. The second kappa shape index (κ2) is 7.66. The molecule has 1 unspecified atom stereocenters. The SMILES string of the molecule is COc1cc(Cl)ccc1C(=O)NCCC1CCCN(C)C1. The van der Waals surface area contributed by atoms with E-state index in [9.17, 15) is 4.79 Å². The van der Waals surface area contributed by atoms with Crippen LogP contribution in [0.2, 0.25) is 5.02 Å². The van der Waals surface area contributed by atoms with Gasteiger partial charge in [-0.3, -0.25) is 4.79 Å². The molecule has 1 heterocycles. The fraction of sp³-hybridized carbons (Fsp3) is 0.562. The molecule has 1 aromatic rings. The van der Waals surface area contributed by atoms with Crippen molar-refractivity contribution < 1.29 is 9.53 Å². The summed E-state index contributed by atoms with van der Waals surface area (Å²) in [6, 6.07) is 5.06. The van der Waals surface area contributed by atoms with Crippen molar-refractivity contribution in [2.24, 2.45) is 5.92 Å². The summed E-state index contributed by atoms with van der Waals surface area (Å²) in [6.07, 6.45) is 3.52. The largest absolute Gasteiger partial charge is 0.496 e. The minimum Gasteiger partial charge on any atom is -0.496 e. The molecule has 1 fully saturated rings. The van der Waals surface area contributed by atoms with Crippen LogP contribution >= 0.6 is 11.6 Å². The lowest BCUT2D eigenvalue weighted by Gasteiger charge is -2.29. The number of carbonyl (C=O) groups is 1. The number of benzene rings is 1. The molecule has 5 heteroatoms. The number of ether oxygens (including phenoxy) is 1. The fourth-order valence-corrected chi connectivity index (χ4v) is 3.01. The van der Waals surface area contributed by atoms with Crippen LogP contribution in [0.15, 0.2) is 18.2 Å². The lowest BCUT2D eigenvalue weighted by Crippen LogP contribution is -2.34. The van der Waals surface area contributed by atoms with Gasteiger partial charge in [-0.05, 0) is 57.0 Å². The van der Waals surface area contributed by atoms with Gasteiger partial charge in [-0.1, -0.05) is 11.6 Å². The van der Waals surface area contributed by atoms with Gasteiger partial charge in [0.1, 0.15) is 5.75 Å². The Balaban J connectivity index is 1.84. The zero-order valence-corrected chi connectivity index (χ0v) is 13.4. The first-order valence-corrected chi connectivity index (χ1v) is 7.78. The van der Waals surface area contributed by atoms with Gasteiger partial charge >= 0.3 is 0 Å². The third-order valence-electron chi connectivity index (χ3n) is 3.97. The Bertz CT molecular complexity index is 493. The van der Waals surface area contributed by atoms with E-state index in [2.05, 4.69) is 17.3 Å². The Hall–Kier alpha value is -1.26. The van der Waals surface area contributed by atoms with Gasteiger partial charge < -0.3 is 15.0 Å². The smallest absolute Gasteiger partial charge is 0.255 e. The second-order valence-corrected chi connectivity index (χ2v) is 6.10. The van der Waals surface area contributed by atoms with E-state index in [1.165, 1.54) is 19.4 Å². The van der Waals surface area contributed by atoms with Gasteiger partial charge in [0, 0.05) is 18.1 Å². The number of carbonyl (C=O) groups excluding carboxylic acids is 1. The predicted molar refractivity (Wildman–Crippen MR) is 85.2 cm³/mol. The van der Waals surface area contributed by atoms with E-state index < -0.39 is 0 Å². The Labute approximate surface area is 131 Å². The van der Waals surface area contributed by atoms with E-state index >= 15 is 0 Å². The van der Waals surface area contributed by atoms with Gasteiger partial charge in [-0.15, -0.1) is 0 Å². The normalized spacial score (nSPS) is 19.3. The second-order valence-electron chi connectivity index (χ2n) is 5.66. The maximum absolute atomic E-state index is 12.2. The summed E-state index contributed by atoms with van der Waals surface area (Å²) in [5.74, 6) is 1.08. The maximum Gasteiger partial charge on any atom is 0.255 e. The number of piperidine rings is 1. The van der Waals surface area contributed by atoms with E-state index in [-0.39, 0.29) is 5.91 Å². The van der Waals surface area contributed by atoms with Crippen molar-refractivity contribution in [2.75, 3.05) is 33.8 Å². The standard InChI is InChI=1S/C16H23ClN2O2/c1-19-9-3-4-12(11-19)7-8-18-16(20)14-6-5-13(17)10-15(14)21-2/h5-6,10,12H,3-4,7-9,11H2,1-2H3,(H,18,20). The van der Waals surface area contributed by atoms with Crippen molar-refractivity contribution in [1.82, 2.24) is 10.2 Å². The first kappa shape index (κ1) is 16.1. The van der Waals surface area contributed by atoms with Crippen LogP contribution in [0.5, 0.6) is 5.75 Å². The molecule has 4 nitrogen and oxygen atoms in total. The lowest BCUT2D eigenvalue weighted by atomic mass is 9.95. The number of rotatable bonds is 5. The summed E-state index contributed by atoms with van der Waals surface area (Å²) >= 11 is 5.90. The van der Waals surface area contributed by atoms with Crippen LogP contribution in [0.1, 0.15) is 29.6 Å². The number of halogens is 1. The van der Waals surface area contributed by atoms with Crippen LogP contribution in [0.3, 0.4) is 0 Å². The minimum absolute atomic E-state index is 0.104. The highest BCUT2D eigenvalue weighted by molar-refractivity contribution is 6.30. The van der Waals surface area contributed by atoms with E-state index in [1.807, 2.05) is 0 Å². The molecule has 1 amide bonds. The zero-order valence-electron chi connectivity index (χ0n) is 12.7. The van der Waals surface area contributed by atoms with Crippen molar-refractivity contribution in [3.05, 3.63) is 28.8 Å². The number of nitrogens with zero attached hydrogens (tertiary/aromatic N) is 1. The van der Waals surface area contributed by atoms with Gasteiger partial charge in [0.15, 0.2) is 0 Å². The van der Waals surface area contributed by atoms with Gasteiger partial charge in [0.2, 0.25) is 0 Å². The molecular weight excluding hydrogens is 288 g/mol. The van der Waals surface area contributed by atoms with E-state index in [0.717, 1.165) is 13.0 Å². The Morgan fingerprint density at radius 1 is 1.52 bits per heavy atom. The van der Waals surface area contributed by atoms with Gasteiger partial charge in [-0.25, -0.2) is 0 Å². The zero-order chi connectivity index (χ0) is 15.2. The van der Waals surface area contributed by atoms with Crippen LogP contribution in [-0.4, -0.2) is 44.6 Å². The van der Waals surface area contributed by atoms with Crippen LogP contribution in [0.25, 0.3) is 0 Å². The highest BCUT2D eigenvalue weighted by Gasteiger charge is 2.18. The maximum atomic E-state index is 12.2. The van der Waals surface area contributed by atoms with Crippen molar-refractivity contribution in [3.8, 4) is 5.75 Å². The van der Waals surface area contributed by atoms with Crippen molar-refractivity contribution in [3.63, 3.8) is 0 Å². The first-order valence-electron chi connectivity index (χ1n) is 7.40. The van der Waals surface area contributed by atoms with E-state index in [0.29, 0.717) is 28.8 Å². The lowest BCUT2D eigenvalue weighted by molar-refractivity contribution is 0.0945. The van der Waals surface area contributed by atoms with Crippen LogP contribution in [-0.2, 0) is 0 Å². The average molecular weight is 311 g/mol. The van der Waals surface area contributed by atoms with Crippen molar-refractivity contribution >= 4 is 17.5 Å². The van der Waals surface area contributed by atoms with Crippen LogP contribution < -0.4 is 10.1 Å². The number of nitrogens with one attached hydrogen (secondary N) is 1. The van der Waals surface area contributed by atoms with Crippen molar-refractivity contribution in [1.29, 1.82) is 0 Å². The summed E-state index contributed by atoms with van der Waals surface area (Å²) in [5, 5.41) is 3.54. The Kier molecular flexibility index (Phi) is 5.88. The molecule has 1 aromatic carbocycles. The molecule has 21 heavy (non-hydrogen) atoms. The minimum atomic E-state index is -0.104. The summed E-state index contributed by atoms with van der Waals surface area (Å²) in [4.78, 5) is 14.6. The highest BCUT2D eigenvalue weighted by atomic mass is 35.5. The summed E-state index contributed by atoms with van der Waals surface area (Å²) in [5.41, 5.74) is 0.530. The van der Waals surface area contributed by atoms with Crippen molar-refractivity contribution in [2.45, 2.75) is 19.3 Å². The molecule has 0 spiro atoms. The van der Waals surface area contributed by atoms with E-state index in [1.54, 1.807) is 25.3 Å². The molecule has 2 rings (SSSR count). The highest BCUT2D eigenvalue weighted by Crippen LogP contribution is 2.23. The number of amides is 1. The molecule has 1 aliphatic rings. The Morgan fingerprint density at radius 3 is 3.05 bits per heavy atom.